The second-order valence-corrected chi connectivity index (χ2v) is 8.19. The Hall–Kier alpha value is -2.46. The van der Waals surface area contributed by atoms with E-state index >= 15 is 0 Å². The third-order valence-electron chi connectivity index (χ3n) is 5.00. The average molecular weight is 514 g/mol. The van der Waals surface area contributed by atoms with Gasteiger partial charge in [0.05, 0.1) is 16.3 Å². The predicted molar refractivity (Wildman–Crippen MR) is 114 cm³/mol. The molecule has 3 nitrogen and oxygen atoms in total. The van der Waals surface area contributed by atoms with Crippen molar-refractivity contribution in [3.05, 3.63) is 68.8 Å². The van der Waals surface area contributed by atoms with Gasteiger partial charge in [0.1, 0.15) is 0 Å². The van der Waals surface area contributed by atoms with Crippen LogP contribution in [-0.4, -0.2) is 28.9 Å². The molecule has 0 aliphatic rings. The van der Waals surface area contributed by atoms with E-state index in [4.69, 9.17) is 23.2 Å². The molecule has 3 rings (SSSR count). The fraction of sp³-hybridized carbons (Fsp3) is 0.286. The van der Waals surface area contributed by atoms with E-state index in [2.05, 4.69) is 5.10 Å². The number of benzene rings is 2. The number of nitrogens with zero attached hydrogens (tertiary/aromatic N) is 2. The van der Waals surface area contributed by atoms with E-state index in [1.165, 1.54) is 0 Å². The highest BCUT2D eigenvalue weighted by Crippen LogP contribution is 2.45. The van der Waals surface area contributed by atoms with Crippen LogP contribution in [0.25, 0.3) is 10.9 Å². The summed E-state index contributed by atoms with van der Waals surface area (Å²) in [6.45, 7) is 3.71. The molecular formula is C21H16Cl2F7N3. The molecule has 0 radical (unpaired) electrons. The van der Waals surface area contributed by atoms with Gasteiger partial charge in [0, 0.05) is 28.7 Å². The zero-order valence-electron chi connectivity index (χ0n) is 17.0. The first-order chi connectivity index (χ1) is 15.2. The van der Waals surface area contributed by atoms with Gasteiger partial charge in [-0.1, -0.05) is 40.9 Å². The lowest BCUT2D eigenvalue weighted by Gasteiger charge is -2.27. The van der Waals surface area contributed by atoms with Crippen LogP contribution in [-0.2, 0) is 6.54 Å². The number of hydrazone groups is 1. The van der Waals surface area contributed by atoms with Crippen molar-refractivity contribution in [1.29, 1.82) is 0 Å². The molecule has 0 saturated carbocycles. The highest BCUT2D eigenvalue weighted by Gasteiger charge is 2.73. The zero-order chi connectivity index (χ0) is 24.8. The molecule has 0 atom stereocenters. The van der Waals surface area contributed by atoms with Crippen LogP contribution in [0.4, 0.5) is 30.7 Å². The minimum absolute atomic E-state index is 0.271. The highest BCUT2D eigenvalue weighted by molar-refractivity contribution is 6.42. The predicted octanol–water partition coefficient (Wildman–Crippen LogP) is 7.33. The van der Waals surface area contributed by atoms with Crippen LogP contribution < -0.4 is 5.43 Å². The van der Waals surface area contributed by atoms with Gasteiger partial charge in [-0.25, -0.2) is 5.43 Å². The van der Waals surface area contributed by atoms with Crippen molar-refractivity contribution in [3.63, 3.8) is 0 Å². The van der Waals surface area contributed by atoms with Gasteiger partial charge < -0.3 is 4.57 Å². The SMILES string of the molecule is Cc1ccc2c(c1)c(/C=N/NC(F)(F)C(F)(F)C(F)(F)F)c(C)n2Cc1ccc(Cl)c(Cl)c1. The molecule has 3 aromatic rings. The summed E-state index contributed by atoms with van der Waals surface area (Å²) < 4.78 is 92.0. The van der Waals surface area contributed by atoms with Gasteiger partial charge in [0.15, 0.2) is 0 Å². The largest absolute Gasteiger partial charge is 0.462 e. The Morgan fingerprint density at radius 3 is 2.21 bits per heavy atom. The first kappa shape index (κ1) is 25.2. The number of hydrogen-bond acceptors (Lipinski definition) is 2. The number of alkyl halides is 7. The Bertz CT molecular complexity index is 1220. The Labute approximate surface area is 193 Å². The van der Waals surface area contributed by atoms with Crippen LogP contribution in [0.3, 0.4) is 0 Å². The lowest BCUT2D eigenvalue weighted by Crippen LogP contribution is -2.58. The summed E-state index contributed by atoms with van der Waals surface area (Å²) in [7, 11) is 0. The van der Waals surface area contributed by atoms with Crippen LogP contribution in [0.15, 0.2) is 41.5 Å². The molecule has 1 heterocycles. The van der Waals surface area contributed by atoms with Crippen molar-refractivity contribution < 1.29 is 30.7 Å². The van der Waals surface area contributed by atoms with Gasteiger partial charge in [-0.2, -0.15) is 35.8 Å². The van der Waals surface area contributed by atoms with E-state index < -0.39 is 18.1 Å². The van der Waals surface area contributed by atoms with Crippen LogP contribution >= 0.6 is 23.2 Å². The van der Waals surface area contributed by atoms with Crippen molar-refractivity contribution in [2.24, 2.45) is 5.10 Å². The second kappa shape index (κ2) is 8.72. The van der Waals surface area contributed by atoms with E-state index in [0.29, 0.717) is 38.6 Å². The van der Waals surface area contributed by atoms with Crippen molar-refractivity contribution >= 4 is 40.3 Å². The van der Waals surface area contributed by atoms with E-state index in [9.17, 15) is 30.7 Å². The number of halogens is 9. The van der Waals surface area contributed by atoms with Gasteiger partial charge >= 0.3 is 18.1 Å². The van der Waals surface area contributed by atoms with Crippen LogP contribution in [0.1, 0.15) is 22.4 Å². The van der Waals surface area contributed by atoms with E-state index in [0.717, 1.165) is 17.3 Å². The third kappa shape index (κ3) is 4.77. The van der Waals surface area contributed by atoms with E-state index in [-0.39, 0.29) is 5.56 Å². The van der Waals surface area contributed by atoms with Gasteiger partial charge in [-0.15, -0.1) is 0 Å². The summed E-state index contributed by atoms with van der Waals surface area (Å²) in [6, 6.07) is 4.65. The minimum Gasteiger partial charge on any atom is -0.340 e. The van der Waals surface area contributed by atoms with Crippen molar-refractivity contribution in [3.8, 4) is 0 Å². The number of aryl methyl sites for hydroxylation is 1. The maximum absolute atomic E-state index is 13.5. The monoisotopic (exact) mass is 513 g/mol. The van der Waals surface area contributed by atoms with E-state index in [1.807, 2.05) is 6.07 Å². The third-order valence-corrected chi connectivity index (χ3v) is 5.74. The Morgan fingerprint density at radius 1 is 0.939 bits per heavy atom. The molecule has 0 aliphatic heterocycles. The molecule has 178 valence electrons. The Kier molecular flexibility index (Phi) is 6.65. The van der Waals surface area contributed by atoms with Gasteiger partial charge in [-0.05, 0) is 43.7 Å². The number of rotatable bonds is 6. The zero-order valence-corrected chi connectivity index (χ0v) is 18.6. The van der Waals surface area contributed by atoms with Gasteiger partial charge in [0.25, 0.3) is 0 Å². The van der Waals surface area contributed by atoms with Crippen LogP contribution in [0.2, 0.25) is 10.0 Å². The summed E-state index contributed by atoms with van der Waals surface area (Å²) in [5, 5.41) is 4.26. The maximum atomic E-state index is 13.5. The lowest BCUT2D eigenvalue weighted by atomic mass is 10.1. The Morgan fingerprint density at radius 2 is 1.61 bits per heavy atom. The van der Waals surface area contributed by atoms with Crippen molar-refractivity contribution in [1.82, 2.24) is 9.99 Å². The molecule has 0 spiro atoms. The Balaban J connectivity index is 2.00. The molecule has 1 aromatic heterocycles. The summed E-state index contributed by atoms with van der Waals surface area (Å²) in [5.41, 5.74) is 3.68. The molecule has 0 saturated heterocycles. The number of aromatic nitrogens is 1. The standard InChI is InChI=1S/C21H16Cl2F7N3/c1-11-3-6-18-14(7-11)15(9-31-32-21(29,30)19(24,25)20(26,27)28)12(2)33(18)10-13-4-5-16(22)17(23)8-13/h3-9,32H,10H2,1-2H3/b31-9+. The topological polar surface area (TPSA) is 29.3 Å². The summed E-state index contributed by atoms with van der Waals surface area (Å²) in [4.78, 5) is 0. The summed E-state index contributed by atoms with van der Waals surface area (Å²) >= 11 is 12.0. The fourth-order valence-electron chi connectivity index (χ4n) is 3.24. The van der Waals surface area contributed by atoms with E-state index in [1.54, 1.807) is 48.7 Å². The summed E-state index contributed by atoms with van der Waals surface area (Å²) in [5.74, 6) is -6.31. The molecule has 2 aromatic carbocycles. The maximum Gasteiger partial charge on any atom is 0.462 e. The van der Waals surface area contributed by atoms with Gasteiger partial charge in [0.2, 0.25) is 0 Å². The lowest BCUT2D eigenvalue weighted by molar-refractivity contribution is -0.361. The molecule has 0 aliphatic carbocycles. The molecule has 1 N–H and O–H groups in total. The number of fused-ring (bicyclic) bond motifs is 1. The molecule has 0 amide bonds. The summed E-state index contributed by atoms with van der Waals surface area (Å²) in [6.07, 6.45) is -5.66. The van der Waals surface area contributed by atoms with Crippen LogP contribution in [0.5, 0.6) is 0 Å². The number of hydrogen-bond donors (Lipinski definition) is 1. The fourth-order valence-corrected chi connectivity index (χ4v) is 3.56. The molecule has 12 heteroatoms. The molecule has 0 bridgehead atoms. The van der Waals surface area contributed by atoms with Crippen molar-refractivity contribution in [2.75, 3.05) is 0 Å². The average Bonchev–Trinajstić information content (AvgIpc) is 2.94. The molecule has 0 unspecified atom stereocenters. The molecule has 0 fully saturated rings. The number of nitrogens with one attached hydrogen (secondary N) is 1. The molecule has 33 heavy (non-hydrogen) atoms. The first-order valence-electron chi connectivity index (χ1n) is 9.31. The van der Waals surface area contributed by atoms with Crippen molar-refractivity contribution in [2.45, 2.75) is 38.5 Å². The minimum atomic E-state index is -6.46. The smallest absolute Gasteiger partial charge is 0.340 e. The molecular weight excluding hydrogens is 498 g/mol. The normalized spacial score (nSPS) is 13.3. The second-order valence-electron chi connectivity index (χ2n) is 7.37. The van der Waals surface area contributed by atoms with Crippen LogP contribution in [0, 0.1) is 13.8 Å². The quantitative estimate of drug-likeness (QED) is 0.159. The van der Waals surface area contributed by atoms with Gasteiger partial charge in [-0.3, -0.25) is 0 Å². The first-order valence-corrected chi connectivity index (χ1v) is 10.1. The highest BCUT2D eigenvalue weighted by atomic mass is 35.5.